The molecular formula is C35H47N5O4. The number of hydrogen-bond donors (Lipinski definition) is 1. The Hall–Kier alpha value is -3.72. The lowest BCUT2D eigenvalue weighted by Crippen LogP contribution is -2.39. The molecular weight excluding hydrogens is 554 g/mol. The molecule has 1 saturated heterocycles. The van der Waals surface area contributed by atoms with E-state index in [-0.39, 0.29) is 5.41 Å². The molecule has 0 radical (unpaired) electrons. The molecule has 44 heavy (non-hydrogen) atoms. The summed E-state index contributed by atoms with van der Waals surface area (Å²) >= 11 is 0. The number of carbonyl (C=O) groups is 1. The molecule has 4 heterocycles. The summed E-state index contributed by atoms with van der Waals surface area (Å²) in [6.07, 6.45) is 3.33. The minimum Gasteiger partial charge on any atom is -0.481 e. The largest absolute Gasteiger partial charge is 0.481 e. The van der Waals surface area contributed by atoms with Crippen LogP contribution in [0.1, 0.15) is 87.2 Å². The molecule has 1 atom stereocenters. The van der Waals surface area contributed by atoms with Crippen molar-refractivity contribution in [3.63, 3.8) is 0 Å². The Morgan fingerprint density at radius 3 is 2.34 bits per heavy atom. The fraction of sp³-hybridized carbons (Fsp3) is 0.543. The van der Waals surface area contributed by atoms with Crippen LogP contribution < -0.4 is 14.5 Å². The second kappa shape index (κ2) is 12.0. The Morgan fingerprint density at radius 2 is 1.70 bits per heavy atom. The van der Waals surface area contributed by atoms with Crippen molar-refractivity contribution in [3.05, 3.63) is 58.2 Å². The van der Waals surface area contributed by atoms with Crippen LogP contribution in [0.3, 0.4) is 0 Å². The molecule has 1 aromatic carbocycles. The third kappa shape index (κ3) is 6.39. The van der Waals surface area contributed by atoms with Gasteiger partial charge in [0.15, 0.2) is 6.10 Å². The zero-order valence-corrected chi connectivity index (χ0v) is 27.7. The number of methoxy groups -OCH3 is 1. The van der Waals surface area contributed by atoms with Gasteiger partial charge in [-0.25, -0.2) is 14.8 Å². The highest BCUT2D eigenvalue weighted by Gasteiger charge is 2.36. The molecule has 0 aliphatic carbocycles. The van der Waals surface area contributed by atoms with E-state index in [9.17, 15) is 9.90 Å². The number of piperidine rings is 1. The third-order valence-corrected chi connectivity index (χ3v) is 8.98. The molecule has 1 N–H and O–H groups in total. The smallest absolute Gasteiger partial charge is 0.337 e. The quantitative estimate of drug-likeness (QED) is 0.321. The van der Waals surface area contributed by atoms with Crippen LogP contribution in [-0.2, 0) is 22.5 Å². The van der Waals surface area contributed by atoms with Crippen molar-refractivity contribution >= 4 is 17.5 Å². The van der Waals surface area contributed by atoms with E-state index < -0.39 is 17.7 Å². The molecule has 236 valence electrons. The minimum atomic E-state index is -1.13. The van der Waals surface area contributed by atoms with E-state index in [4.69, 9.17) is 14.5 Å². The van der Waals surface area contributed by atoms with Crippen molar-refractivity contribution in [1.29, 1.82) is 0 Å². The molecule has 0 amide bonds. The number of carboxylic acids is 1. The molecule has 2 aliphatic rings. The van der Waals surface area contributed by atoms with Crippen LogP contribution in [0.4, 0.5) is 11.5 Å². The molecule has 9 nitrogen and oxygen atoms in total. The van der Waals surface area contributed by atoms with Gasteiger partial charge in [0.1, 0.15) is 12.1 Å². The van der Waals surface area contributed by atoms with Crippen molar-refractivity contribution in [2.75, 3.05) is 36.5 Å². The van der Waals surface area contributed by atoms with E-state index in [1.165, 1.54) is 11.1 Å². The fourth-order valence-corrected chi connectivity index (χ4v) is 6.59. The van der Waals surface area contributed by atoms with Crippen molar-refractivity contribution in [2.24, 2.45) is 5.41 Å². The van der Waals surface area contributed by atoms with E-state index >= 15 is 0 Å². The highest BCUT2D eigenvalue weighted by atomic mass is 16.5. The number of anilines is 2. The highest BCUT2D eigenvalue weighted by Crippen LogP contribution is 2.45. The topological polar surface area (TPSA) is 101 Å². The van der Waals surface area contributed by atoms with Gasteiger partial charge in [-0.05, 0) is 82.9 Å². The van der Waals surface area contributed by atoms with Crippen LogP contribution in [-0.4, -0.2) is 58.4 Å². The monoisotopic (exact) mass is 601 g/mol. The van der Waals surface area contributed by atoms with Gasteiger partial charge in [-0.15, -0.1) is 0 Å². The number of ether oxygens (including phenoxy) is 2. The molecule has 2 aromatic heterocycles. The first-order chi connectivity index (χ1) is 20.7. The average Bonchev–Trinajstić information content (AvgIpc) is 2.95. The SMILES string of the molecule is COc1ncnc(N2CCc3cc(-c4c(C)nc(C)c([C@H](OC(C)(C)C)C(=O)O)c4N4CCC(C)(C)CC4)ccc3C2)c1C. The summed E-state index contributed by atoms with van der Waals surface area (Å²) in [4.78, 5) is 31.2. The predicted molar refractivity (Wildman–Crippen MR) is 174 cm³/mol. The summed E-state index contributed by atoms with van der Waals surface area (Å²) in [6, 6.07) is 6.64. The maximum Gasteiger partial charge on any atom is 0.337 e. The van der Waals surface area contributed by atoms with E-state index in [1.54, 1.807) is 13.4 Å². The minimum absolute atomic E-state index is 0.242. The van der Waals surface area contributed by atoms with Crippen molar-refractivity contribution in [2.45, 2.75) is 92.9 Å². The Bertz CT molecular complexity index is 1550. The average molecular weight is 602 g/mol. The summed E-state index contributed by atoms with van der Waals surface area (Å²) in [6.45, 7) is 19.5. The van der Waals surface area contributed by atoms with Crippen LogP contribution >= 0.6 is 0 Å². The third-order valence-electron chi connectivity index (χ3n) is 8.98. The highest BCUT2D eigenvalue weighted by molar-refractivity contribution is 5.88. The molecule has 9 heteroatoms. The standard InChI is InChI=1S/C35H47N5O4/c1-21-31(36-20-37-32(21)43-9)40-15-12-24-18-25(10-11-26(24)19-40)27-22(2)38-23(3)28(30(33(41)42)44-34(4,5)6)29(27)39-16-13-35(7,8)14-17-39/h10-11,18,20,30H,12-17,19H2,1-9H3,(H,41,42)/t30-/m0/s1. The number of aryl methyl sites for hydroxylation is 2. The molecule has 5 rings (SSSR count). The number of benzene rings is 1. The van der Waals surface area contributed by atoms with E-state index in [2.05, 4.69) is 51.8 Å². The number of rotatable bonds is 7. The van der Waals surface area contributed by atoms with E-state index in [1.807, 2.05) is 41.5 Å². The molecule has 0 unspecified atom stereocenters. The lowest BCUT2D eigenvalue weighted by atomic mass is 9.81. The van der Waals surface area contributed by atoms with Crippen LogP contribution in [0.15, 0.2) is 24.5 Å². The van der Waals surface area contributed by atoms with Gasteiger partial charge in [0, 0.05) is 48.7 Å². The Morgan fingerprint density at radius 1 is 1.00 bits per heavy atom. The van der Waals surface area contributed by atoms with Crippen molar-refractivity contribution in [1.82, 2.24) is 15.0 Å². The number of pyridine rings is 1. The number of aromatic nitrogens is 3. The summed E-state index contributed by atoms with van der Waals surface area (Å²) in [5, 5.41) is 10.5. The van der Waals surface area contributed by atoms with Gasteiger partial charge in [0.05, 0.1) is 24.0 Å². The van der Waals surface area contributed by atoms with Gasteiger partial charge < -0.3 is 24.4 Å². The summed E-state index contributed by atoms with van der Waals surface area (Å²) in [5.41, 5.74) is 8.31. The normalized spacial score (nSPS) is 17.3. The van der Waals surface area contributed by atoms with Gasteiger partial charge >= 0.3 is 5.97 Å². The fourth-order valence-electron chi connectivity index (χ4n) is 6.59. The van der Waals surface area contributed by atoms with Crippen molar-refractivity contribution in [3.8, 4) is 17.0 Å². The number of fused-ring (bicyclic) bond motifs is 1. The zero-order valence-electron chi connectivity index (χ0n) is 27.7. The molecule has 0 saturated carbocycles. The number of hydrogen-bond acceptors (Lipinski definition) is 8. The van der Waals surface area contributed by atoms with Gasteiger partial charge in [0.25, 0.3) is 0 Å². The second-order valence-corrected chi connectivity index (χ2v) is 14.0. The maximum absolute atomic E-state index is 12.8. The van der Waals surface area contributed by atoms with Gasteiger partial charge in [0.2, 0.25) is 5.88 Å². The van der Waals surface area contributed by atoms with Gasteiger partial charge in [-0.3, -0.25) is 4.98 Å². The summed E-state index contributed by atoms with van der Waals surface area (Å²) < 4.78 is 11.7. The Labute approximate surface area is 261 Å². The van der Waals surface area contributed by atoms with Crippen LogP contribution in [0.2, 0.25) is 0 Å². The maximum atomic E-state index is 12.8. The van der Waals surface area contributed by atoms with Gasteiger partial charge in [-0.1, -0.05) is 32.0 Å². The number of aliphatic carboxylic acids is 1. The first kappa shape index (κ1) is 31.7. The second-order valence-electron chi connectivity index (χ2n) is 14.0. The number of carboxylic acid groups (broad SMARTS) is 1. The zero-order chi connectivity index (χ0) is 32.0. The van der Waals surface area contributed by atoms with Gasteiger partial charge in [-0.2, -0.15) is 0 Å². The summed E-state index contributed by atoms with van der Waals surface area (Å²) in [7, 11) is 1.63. The van der Waals surface area contributed by atoms with E-state index in [0.717, 1.165) is 79.3 Å². The Kier molecular flexibility index (Phi) is 8.64. The first-order valence-electron chi connectivity index (χ1n) is 15.6. The molecule has 1 fully saturated rings. The molecule has 2 aliphatic heterocycles. The predicted octanol–water partition coefficient (Wildman–Crippen LogP) is 6.60. The summed E-state index contributed by atoms with van der Waals surface area (Å²) in [5.74, 6) is 0.488. The Balaban J connectivity index is 1.61. The van der Waals surface area contributed by atoms with E-state index in [0.29, 0.717) is 17.1 Å². The lowest BCUT2D eigenvalue weighted by Gasteiger charge is -2.41. The number of nitrogens with zero attached hydrogens (tertiary/aromatic N) is 5. The molecule has 3 aromatic rings. The van der Waals surface area contributed by atoms with Crippen molar-refractivity contribution < 1.29 is 19.4 Å². The molecule has 0 bridgehead atoms. The van der Waals surface area contributed by atoms with Crippen LogP contribution in [0.5, 0.6) is 5.88 Å². The molecule has 0 spiro atoms. The van der Waals surface area contributed by atoms with Crippen LogP contribution in [0.25, 0.3) is 11.1 Å². The first-order valence-corrected chi connectivity index (χ1v) is 15.6. The van der Waals surface area contributed by atoms with Crippen LogP contribution in [0, 0.1) is 26.2 Å². The lowest BCUT2D eigenvalue weighted by molar-refractivity contribution is -0.160.